The van der Waals surface area contributed by atoms with Gasteiger partial charge in [-0.15, -0.1) is 0 Å². The van der Waals surface area contributed by atoms with Gasteiger partial charge in [-0.25, -0.2) is 28.6 Å². The molecule has 0 bridgehead atoms. The first kappa shape index (κ1) is 48.7. The van der Waals surface area contributed by atoms with E-state index in [0.717, 1.165) is 53.0 Å². The maximum Gasteiger partial charge on any atom is 0.481 e. The molecule has 1 saturated heterocycles. The van der Waals surface area contributed by atoms with Gasteiger partial charge in [0.05, 0.1) is 19.5 Å². The van der Waals surface area contributed by atoms with E-state index >= 15 is 0 Å². The Hall–Kier alpha value is -2.96. The summed E-state index contributed by atoms with van der Waals surface area (Å²) in [7, 11) is -16.4. The molecule has 2 aliphatic rings. The number of phosphoric ester groups is 3. The van der Waals surface area contributed by atoms with Crippen LogP contribution in [-0.2, 0) is 50.7 Å². The lowest BCUT2D eigenvalue weighted by Crippen LogP contribution is -2.46. The molecule has 330 valence electrons. The topological polar surface area (TPSA) is 364 Å². The number of aliphatic hydroxyl groups is 2. The van der Waals surface area contributed by atoms with E-state index < -0.39 is 84.6 Å². The van der Waals surface area contributed by atoms with Gasteiger partial charge in [0.25, 0.3) is 0 Å². The number of carbonyl (C=O) groups is 3. The summed E-state index contributed by atoms with van der Waals surface area (Å²) in [5.41, 5.74) is 6.11. The number of hydrogen-bond donors (Lipinski definition) is 9. The number of fused-ring (bicyclic) bond motifs is 1. The summed E-state index contributed by atoms with van der Waals surface area (Å²) in [6.45, 7) is 6.43. The average Bonchev–Trinajstić information content (AvgIpc) is 3.71. The second-order valence-electron chi connectivity index (χ2n) is 14.3. The van der Waals surface area contributed by atoms with Gasteiger partial charge in [-0.05, 0) is 32.1 Å². The number of nitrogens with two attached hydrogens (primary N) is 1. The maximum atomic E-state index is 12.7. The standard InChI is InChI=1S/C31H48N7O17P3S/c1-17(2)18-5-7-19(8-6-18)30(43)59-12-11-33-21(39)9-10-34-28(42)25(41)31(3,4)14-52-58(49,50)55-57(47,48)51-13-20-24(54-56(44,45)46)23(40)29(53-20)38-16-37-22-26(32)35-15-36-27(22)38/h7,15-16,18,20,23-25,29,40-41H,1,5-6,8-14H2,2-4H3,(H,33,39)(H,34,42)(H,47,48)(H,49,50)(H2,32,35,36)(H2,44,45,46)/t18?,20-,23-,24-,25?,29-/m1/s1. The van der Waals surface area contributed by atoms with Crippen LogP contribution >= 0.6 is 35.2 Å². The predicted molar refractivity (Wildman–Crippen MR) is 207 cm³/mol. The van der Waals surface area contributed by atoms with Crippen molar-refractivity contribution in [3.8, 4) is 0 Å². The summed E-state index contributed by atoms with van der Waals surface area (Å²) in [5.74, 6) is -0.735. The fourth-order valence-electron chi connectivity index (χ4n) is 5.83. The maximum absolute atomic E-state index is 12.7. The van der Waals surface area contributed by atoms with Crippen LogP contribution in [0.3, 0.4) is 0 Å². The second kappa shape index (κ2) is 20.3. The molecule has 3 heterocycles. The Balaban J connectivity index is 1.21. The van der Waals surface area contributed by atoms with Gasteiger partial charge in [0.1, 0.15) is 36.3 Å². The van der Waals surface area contributed by atoms with Crippen LogP contribution in [0.2, 0.25) is 0 Å². The Kier molecular flexibility index (Phi) is 16.7. The van der Waals surface area contributed by atoms with Crippen LogP contribution in [0.1, 0.15) is 52.7 Å². The van der Waals surface area contributed by atoms with Crippen LogP contribution in [-0.4, -0.2) is 123 Å². The number of nitrogens with zero attached hydrogens (tertiary/aromatic N) is 4. The summed E-state index contributed by atoms with van der Waals surface area (Å²) >= 11 is 1.10. The van der Waals surface area contributed by atoms with Crippen LogP contribution in [0.5, 0.6) is 0 Å². The number of nitrogen functional groups attached to an aromatic ring is 1. The Labute approximate surface area is 341 Å². The molecule has 28 heteroatoms. The molecule has 1 aliphatic carbocycles. The number of aromatic nitrogens is 4. The Morgan fingerprint density at radius 2 is 1.80 bits per heavy atom. The van der Waals surface area contributed by atoms with Crippen molar-refractivity contribution in [2.75, 3.05) is 37.8 Å². The largest absolute Gasteiger partial charge is 0.481 e. The van der Waals surface area contributed by atoms with Crippen molar-refractivity contribution >= 4 is 69.1 Å². The number of amides is 2. The number of ether oxygens (including phenoxy) is 1. The molecule has 10 N–H and O–H groups in total. The van der Waals surface area contributed by atoms with Crippen LogP contribution in [0.15, 0.2) is 36.5 Å². The molecule has 0 saturated carbocycles. The summed E-state index contributed by atoms with van der Waals surface area (Å²) in [4.78, 5) is 88.3. The van der Waals surface area contributed by atoms with Gasteiger partial charge in [-0.2, -0.15) is 4.31 Å². The van der Waals surface area contributed by atoms with Crippen molar-refractivity contribution in [3.05, 3.63) is 36.5 Å². The Bertz CT molecular complexity index is 2050. The minimum Gasteiger partial charge on any atom is -0.386 e. The zero-order chi connectivity index (χ0) is 43.9. The second-order valence-corrected chi connectivity index (χ2v) is 19.6. The molecule has 2 aromatic heterocycles. The van der Waals surface area contributed by atoms with E-state index in [2.05, 4.69) is 41.0 Å². The highest BCUT2D eigenvalue weighted by Gasteiger charge is 2.50. The van der Waals surface area contributed by atoms with Gasteiger partial charge in [0.15, 0.2) is 17.7 Å². The fraction of sp³-hybridized carbons (Fsp3) is 0.613. The van der Waals surface area contributed by atoms with Crippen LogP contribution in [0.4, 0.5) is 5.82 Å². The summed E-state index contributed by atoms with van der Waals surface area (Å²) in [5, 5.41) is 26.4. The molecule has 0 spiro atoms. The molecular formula is C31H48N7O17P3S. The van der Waals surface area contributed by atoms with Gasteiger partial charge >= 0.3 is 23.5 Å². The van der Waals surface area contributed by atoms with Crippen molar-refractivity contribution in [1.82, 2.24) is 30.2 Å². The molecule has 4 unspecified atom stereocenters. The van der Waals surface area contributed by atoms with Gasteiger partial charge in [-0.3, -0.25) is 32.5 Å². The third-order valence-corrected chi connectivity index (χ3v) is 13.1. The van der Waals surface area contributed by atoms with Crippen molar-refractivity contribution in [3.63, 3.8) is 0 Å². The summed E-state index contributed by atoms with van der Waals surface area (Å²) in [6, 6.07) is 0. The molecule has 2 amide bonds. The van der Waals surface area contributed by atoms with Crippen molar-refractivity contribution in [2.45, 2.75) is 77.1 Å². The minimum absolute atomic E-state index is 0.0303. The predicted octanol–water partition coefficient (Wildman–Crippen LogP) is 0.967. The zero-order valence-electron chi connectivity index (χ0n) is 32.1. The number of thioether (sulfide) groups is 1. The highest BCUT2D eigenvalue weighted by atomic mass is 32.2. The number of anilines is 1. The monoisotopic (exact) mass is 915 g/mol. The van der Waals surface area contributed by atoms with E-state index in [-0.39, 0.29) is 41.6 Å². The molecule has 59 heavy (non-hydrogen) atoms. The number of rotatable bonds is 21. The SMILES string of the molecule is C=C(C)C1CC=C(C(=O)SCCNC(=O)CCNC(=O)C(O)C(C)(C)COP(=O)(O)OP(=O)(O)OC[C@H]2O[C@@H](n3cnc4c(N)ncnc43)[C@H](O)[C@@H]2OP(=O)(O)O)CC1. The number of nitrogens with one attached hydrogen (secondary N) is 2. The molecule has 0 aromatic carbocycles. The van der Waals surface area contributed by atoms with Gasteiger partial charge in [0, 0.05) is 36.3 Å². The van der Waals surface area contributed by atoms with E-state index in [9.17, 15) is 57.9 Å². The van der Waals surface area contributed by atoms with Crippen LogP contribution in [0.25, 0.3) is 11.2 Å². The highest BCUT2D eigenvalue weighted by molar-refractivity contribution is 8.14. The number of phosphoric acid groups is 3. The van der Waals surface area contributed by atoms with Gasteiger partial charge < -0.3 is 50.9 Å². The first-order valence-corrected chi connectivity index (χ1v) is 23.3. The van der Waals surface area contributed by atoms with E-state index in [1.807, 2.05) is 13.0 Å². The minimum atomic E-state index is -5.57. The van der Waals surface area contributed by atoms with E-state index in [0.29, 0.717) is 18.1 Å². The zero-order valence-corrected chi connectivity index (χ0v) is 35.6. The summed E-state index contributed by atoms with van der Waals surface area (Å²) < 4.78 is 62.2. The smallest absolute Gasteiger partial charge is 0.386 e. The highest BCUT2D eigenvalue weighted by Crippen LogP contribution is 2.61. The molecule has 24 nitrogen and oxygen atoms in total. The van der Waals surface area contributed by atoms with E-state index in [1.54, 1.807) is 0 Å². The number of aliphatic hydroxyl groups excluding tert-OH is 2. The molecule has 1 fully saturated rings. The van der Waals surface area contributed by atoms with Crippen LogP contribution in [0, 0.1) is 11.3 Å². The third kappa shape index (κ3) is 14.0. The first-order chi connectivity index (χ1) is 27.4. The van der Waals surface area contributed by atoms with Crippen LogP contribution < -0.4 is 16.4 Å². The molecule has 4 rings (SSSR count). The Morgan fingerprint density at radius 1 is 1.10 bits per heavy atom. The third-order valence-electron chi connectivity index (χ3n) is 9.10. The molecular weight excluding hydrogens is 867 g/mol. The van der Waals surface area contributed by atoms with Crippen molar-refractivity contribution in [1.29, 1.82) is 0 Å². The molecule has 2 aromatic rings. The normalized spacial score (nSPS) is 23.8. The van der Waals surface area contributed by atoms with E-state index in [4.69, 9.17) is 19.5 Å². The molecule has 0 radical (unpaired) electrons. The quantitative estimate of drug-likeness (QED) is 0.0478. The lowest BCUT2D eigenvalue weighted by atomic mass is 9.86. The number of imidazole rings is 1. The van der Waals surface area contributed by atoms with Crippen molar-refractivity contribution < 1.29 is 80.5 Å². The fourth-order valence-corrected chi connectivity index (χ4v) is 9.42. The number of hydrogen-bond acceptors (Lipinski definition) is 18. The molecule has 1 aliphatic heterocycles. The first-order valence-electron chi connectivity index (χ1n) is 17.8. The number of carbonyl (C=O) groups excluding carboxylic acids is 3. The lowest BCUT2D eigenvalue weighted by Gasteiger charge is -2.30. The molecule has 8 atom stereocenters. The lowest BCUT2D eigenvalue weighted by molar-refractivity contribution is -0.137. The number of allylic oxidation sites excluding steroid dienone is 2. The van der Waals surface area contributed by atoms with Gasteiger partial charge in [-0.1, -0.05) is 43.8 Å². The van der Waals surface area contributed by atoms with Gasteiger partial charge in [0.2, 0.25) is 16.9 Å². The Morgan fingerprint density at radius 3 is 2.44 bits per heavy atom. The average molecular weight is 916 g/mol. The van der Waals surface area contributed by atoms with E-state index in [1.165, 1.54) is 13.8 Å². The van der Waals surface area contributed by atoms with Crippen molar-refractivity contribution in [2.24, 2.45) is 11.3 Å². The summed E-state index contributed by atoms with van der Waals surface area (Å²) in [6.07, 6.45) is -2.67.